The molecule has 0 aliphatic carbocycles. The fourth-order valence-corrected chi connectivity index (χ4v) is 8.55. The highest BCUT2D eigenvalue weighted by atomic mass is 16.6. The van der Waals surface area contributed by atoms with Crippen LogP contribution in [0.15, 0.2) is 109 Å². The normalized spacial score (nSPS) is 12.8. The van der Waals surface area contributed by atoms with Gasteiger partial charge < -0.3 is 14.2 Å². The van der Waals surface area contributed by atoms with Gasteiger partial charge in [-0.1, -0.05) is 265 Å². The second-order valence-electron chi connectivity index (χ2n) is 20.6. The summed E-state index contributed by atoms with van der Waals surface area (Å²) in [5.41, 5.74) is 0. The molecular formula is C69H116O6. The van der Waals surface area contributed by atoms with Crippen LogP contribution in [-0.4, -0.2) is 37.2 Å². The van der Waals surface area contributed by atoms with Gasteiger partial charge >= 0.3 is 17.9 Å². The molecule has 0 bridgehead atoms. The molecule has 428 valence electrons. The quantitative estimate of drug-likeness (QED) is 0.0261. The number of hydrogen-bond acceptors (Lipinski definition) is 6. The number of hydrogen-bond donors (Lipinski definition) is 0. The van der Waals surface area contributed by atoms with Crippen LogP contribution in [-0.2, 0) is 28.6 Å². The van der Waals surface area contributed by atoms with Gasteiger partial charge in [-0.25, -0.2) is 0 Å². The fourth-order valence-electron chi connectivity index (χ4n) is 8.55. The number of carbonyl (C=O) groups is 3. The molecule has 0 aliphatic rings. The monoisotopic (exact) mass is 1040 g/mol. The summed E-state index contributed by atoms with van der Waals surface area (Å²) in [7, 11) is 0. The zero-order chi connectivity index (χ0) is 54.3. The Morgan fingerprint density at radius 1 is 0.280 bits per heavy atom. The van der Waals surface area contributed by atoms with Crippen LogP contribution in [0.5, 0.6) is 0 Å². The van der Waals surface area contributed by atoms with E-state index < -0.39 is 6.10 Å². The van der Waals surface area contributed by atoms with Gasteiger partial charge in [0.2, 0.25) is 0 Å². The number of ether oxygens (including phenoxy) is 3. The van der Waals surface area contributed by atoms with Gasteiger partial charge in [-0.05, 0) is 116 Å². The summed E-state index contributed by atoms with van der Waals surface area (Å²) < 4.78 is 16.9. The second kappa shape index (κ2) is 62.6. The molecule has 0 amide bonds. The van der Waals surface area contributed by atoms with Gasteiger partial charge in [0.25, 0.3) is 0 Å². The molecule has 0 heterocycles. The van der Waals surface area contributed by atoms with E-state index >= 15 is 0 Å². The third-order valence-electron chi connectivity index (χ3n) is 13.2. The van der Waals surface area contributed by atoms with Crippen LogP contribution < -0.4 is 0 Å². The maximum atomic E-state index is 12.9. The minimum atomic E-state index is -0.816. The van der Waals surface area contributed by atoms with Gasteiger partial charge in [0, 0.05) is 19.3 Å². The maximum absolute atomic E-state index is 12.9. The molecule has 75 heavy (non-hydrogen) atoms. The molecule has 0 aromatic heterocycles. The summed E-state index contributed by atoms with van der Waals surface area (Å²) >= 11 is 0. The van der Waals surface area contributed by atoms with E-state index in [0.29, 0.717) is 19.3 Å². The smallest absolute Gasteiger partial charge is 0.306 e. The van der Waals surface area contributed by atoms with Gasteiger partial charge in [-0.15, -0.1) is 0 Å². The van der Waals surface area contributed by atoms with Crippen LogP contribution in [0.2, 0.25) is 0 Å². The van der Waals surface area contributed by atoms with Crippen LogP contribution >= 0.6 is 0 Å². The molecule has 0 N–H and O–H groups in total. The van der Waals surface area contributed by atoms with E-state index in [1.165, 1.54) is 161 Å². The summed E-state index contributed by atoms with van der Waals surface area (Å²) in [6.45, 7) is 6.45. The van der Waals surface area contributed by atoms with Gasteiger partial charge in [0.15, 0.2) is 6.10 Å². The Kier molecular flexibility index (Phi) is 59.3. The molecule has 0 unspecified atom stereocenters. The summed E-state index contributed by atoms with van der Waals surface area (Å²) in [5.74, 6) is -0.996. The molecule has 0 aromatic rings. The minimum absolute atomic E-state index is 0.106. The van der Waals surface area contributed by atoms with Gasteiger partial charge in [0.05, 0.1) is 0 Å². The SMILES string of the molecule is CC/C=C\C/C=C\C/C=C\C/C=C\C/C=C\C/C=C\CCC(=O)OC[C@@H](COC(=O)CCCCCCCCC/C=C\CCCCCCCCCC)OC(=O)CCCCCCCCCCC/C=C\C/C=C\CCCCC. The molecule has 0 saturated heterocycles. The molecule has 1 atom stereocenters. The molecule has 0 radical (unpaired) electrons. The largest absolute Gasteiger partial charge is 0.462 e. The summed E-state index contributed by atoms with van der Waals surface area (Å²) in [6, 6.07) is 0. The van der Waals surface area contributed by atoms with E-state index in [1.54, 1.807) is 0 Å². The molecule has 0 rings (SSSR count). The van der Waals surface area contributed by atoms with Crippen LogP contribution in [0, 0.1) is 0 Å². The Labute approximate surface area is 463 Å². The predicted molar refractivity (Wildman–Crippen MR) is 325 cm³/mol. The first-order valence-corrected chi connectivity index (χ1v) is 31.4. The number of unbranched alkanes of at least 4 members (excludes halogenated alkanes) is 27. The summed E-state index contributed by atoms with van der Waals surface area (Å²) in [6.07, 6.45) is 85.2. The first-order chi connectivity index (χ1) is 37.0. The number of rotatable bonds is 56. The molecule has 0 saturated carbocycles. The van der Waals surface area contributed by atoms with Crippen LogP contribution in [0.3, 0.4) is 0 Å². The molecule has 0 aliphatic heterocycles. The Balaban J connectivity index is 4.50. The number of esters is 3. The zero-order valence-electron chi connectivity index (χ0n) is 49.0. The van der Waals surface area contributed by atoms with Crippen molar-refractivity contribution in [2.24, 2.45) is 0 Å². The summed E-state index contributed by atoms with van der Waals surface area (Å²) in [4.78, 5) is 38.3. The Hall–Kier alpha value is -3.93. The molecule has 0 spiro atoms. The van der Waals surface area contributed by atoms with Crippen LogP contribution in [0.1, 0.15) is 290 Å². The fraction of sp³-hybridized carbons (Fsp3) is 0.696. The molecule has 6 nitrogen and oxygen atoms in total. The maximum Gasteiger partial charge on any atom is 0.306 e. The second-order valence-corrected chi connectivity index (χ2v) is 20.6. The lowest BCUT2D eigenvalue weighted by Gasteiger charge is -2.18. The first-order valence-electron chi connectivity index (χ1n) is 31.4. The van der Waals surface area contributed by atoms with E-state index in [1.807, 2.05) is 6.08 Å². The van der Waals surface area contributed by atoms with Gasteiger partial charge in [-0.2, -0.15) is 0 Å². The molecule has 0 fully saturated rings. The summed E-state index contributed by atoms with van der Waals surface area (Å²) in [5, 5.41) is 0. The topological polar surface area (TPSA) is 78.9 Å². The van der Waals surface area contributed by atoms with E-state index in [-0.39, 0.29) is 37.5 Å². The average molecular weight is 1040 g/mol. The van der Waals surface area contributed by atoms with Crippen molar-refractivity contribution in [1.82, 2.24) is 0 Å². The molecule has 0 aromatic carbocycles. The van der Waals surface area contributed by atoms with E-state index in [4.69, 9.17) is 14.2 Å². The lowest BCUT2D eigenvalue weighted by Crippen LogP contribution is -2.30. The Bertz CT molecular complexity index is 1520. The van der Waals surface area contributed by atoms with Crippen molar-refractivity contribution in [2.75, 3.05) is 13.2 Å². The van der Waals surface area contributed by atoms with Crippen LogP contribution in [0.4, 0.5) is 0 Å². The van der Waals surface area contributed by atoms with E-state index in [2.05, 4.69) is 124 Å². The van der Waals surface area contributed by atoms with Crippen molar-refractivity contribution in [1.29, 1.82) is 0 Å². The lowest BCUT2D eigenvalue weighted by atomic mass is 10.1. The zero-order valence-corrected chi connectivity index (χ0v) is 49.0. The van der Waals surface area contributed by atoms with E-state index in [0.717, 1.165) is 83.5 Å². The molecular weight excluding hydrogens is 925 g/mol. The van der Waals surface area contributed by atoms with Crippen LogP contribution in [0.25, 0.3) is 0 Å². The average Bonchev–Trinajstić information content (AvgIpc) is 3.41. The highest BCUT2D eigenvalue weighted by molar-refractivity contribution is 5.71. The first kappa shape index (κ1) is 71.1. The van der Waals surface area contributed by atoms with Crippen molar-refractivity contribution >= 4 is 17.9 Å². The predicted octanol–water partition coefficient (Wildman–Crippen LogP) is 21.4. The van der Waals surface area contributed by atoms with Crippen molar-refractivity contribution in [3.8, 4) is 0 Å². The minimum Gasteiger partial charge on any atom is -0.462 e. The lowest BCUT2D eigenvalue weighted by molar-refractivity contribution is -0.166. The Morgan fingerprint density at radius 3 is 0.933 bits per heavy atom. The highest BCUT2D eigenvalue weighted by Gasteiger charge is 2.19. The number of allylic oxidation sites excluding steroid dienone is 18. The van der Waals surface area contributed by atoms with Crippen molar-refractivity contribution < 1.29 is 28.6 Å². The molecule has 6 heteroatoms. The third kappa shape index (κ3) is 60.8. The standard InChI is InChI=1S/C69H116O6/c1-4-7-10-13-16-19-22-25-28-31-34-37-40-43-46-49-52-55-58-61-67(70)73-64-66(75-69(72)63-60-57-54-51-48-45-42-39-36-33-30-27-24-21-18-15-12-9-6-3)65-74-68(71)62-59-56-53-50-47-44-41-38-35-32-29-26-23-20-17-14-11-8-5-2/h7,10,16,18-19,21,25,27-28,30,32,34-35,37,43,46,52,55,66H,4-6,8-9,11-15,17,20,22-24,26,29,31,33,36,38-42,44-45,47-51,53-54,56-65H2,1-3H3/b10-7-,19-16-,21-18-,28-25-,30-27-,35-32-,37-34-,46-43-,55-52-/t66-/m0/s1. The highest BCUT2D eigenvalue weighted by Crippen LogP contribution is 2.15. The third-order valence-corrected chi connectivity index (χ3v) is 13.2. The van der Waals surface area contributed by atoms with Gasteiger partial charge in [0.1, 0.15) is 13.2 Å². The Morgan fingerprint density at radius 2 is 0.547 bits per heavy atom. The van der Waals surface area contributed by atoms with Crippen molar-refractivity contribution in [3.63, 3.8) is 0 Å². The van der Waals surface area contributed by atoms with Gasteiger partial charge in [-0.3, -0.25) is 14.4 Å². The van der Waals surface area contributed by atoms with Crippen molar-refractivity contribution in [3.05, 3.63) is 109 Å². The van der Waals surface area contributed by atoms with Crippen molar-refractivity contribution in [2.45, 2.75) is 297 Å². The van der Waals surface area contributed by atoms with E-state index in [9.17, 15) is 14.4 Å². The number of carbonyl (C=O) groups excluding carboxylic acids is 3.